The van der Waals surface area contributed by atoms with Crippen LogP contribution in [0.2, 0.25) is 0 Å². The molecule has 1 amide bonds. The van der Waals surface area contributed by atoms with Gasteiger partial charge in [0.2, 0.25) is 0 Å². The molecule has 5 nitrogen and oxygen atoms in total. The summed E-state index contributed by atoms with van der Waals surface area (Å²) in [6.45, 7) is 0. The third-order valence-electron chi connectivity index (χ3n) is 1.77. The van der Waals surface area contributed by atoms with Gasteiger partial charge in [0.15, 0.2) is 11.5 Å². The first-order valence-electron chi connectivity index (χ1n) is 4.23. The molecule has 0 unspecified atom stereocenters. The molecule has 0 aromatic heterocycles. The number of carbonyl (C=O) groups excluding carboxylic acids is 1. The van der Waals surface area contributed by atoms with Crippen molar-refractivity contribution in [2.45, 2.75) is 0 Å². The first-order valence-corrected chi connectivity index (χ1v) is 4.23. The normalized spacial score (nSPS) is 10.3. The van der Waals surface area contributed by atoms with Crippen molar-refractivity contribution in [3.8, 4) is 11.5 Å². The van der Waals surface area contributed by atoms with Crippen LogP contribution >= 0.6 is 0 Å². The van der Waals surface area contributed by atoms with Gasteiger partial charge < -0.3 is 9.84 Å². The van der Waals surface area contributed by atoms with E-state index in [9.17, 15) is 9.90 Å². The summed E-state index contributed by atoms with van der Waals surface area (Å²) in [5.41, 5.74) is 2.70. The first-order chi connectivity index (χ1) is 7.17. The van der Waals surface area contributed by atoms with Gasteiger partial charge in [0.25, 0.3) is 5.91 Å². The van der Waals surface area contributed by atoms with Crippen LogP contribution in [0.5, 0.6) is 11.5 Å². The number of ether oxygens (including phenoxy) is 1. The van der Waals surface area contributed by atoms with E-state index in [2.05, 4.69) is 0 Å². The number of hydrazine groups is 1. The van der Waals surface area contributed by atoms with Crippen LogP contribution < -0.4 is 16.0 Å². The molecular formula is C10H12N2O3. The predicted molar refractivity (Wildman–Crippen MR) is 56.0 cm³/mol. The Hall–Kier alpha value is -2.01. The molecule has 0 spiro atoms. The van der Waals surface area contributed by atoms with E-state index in [1.54, 1.807) is 18.2 Å². The third-order valence-corrected chi connectivity index (χ3v) is 1.77. The Morgan fingerprint density at radius 3 is 2.93 bits per heavy atom. The Morgan fingerprint density at radius 2 is 2.33 bits per heavy atom. The van der Waals surface area contributed by atoms with Crippen molar-refractivity contribution in [2.24, 2.45) is 5.84 Å². The van der Waals surface area contributed by atoms with E-state index in [4.69, 9.17) is 10.6 Å². The van der Waals surface area contributed by atoms with Gasteiger partial charge in [-0.05, 0) is 23.8 Å². The number of hydrogen-bond acceptors (Lipinski definition) is 4. The highest BCUT2D eigenvalue weighted by Gasteiger charge is 2.00. The van der Waals surface area contributed by atoms with Crippen LogP contribution in [-0.2, 0) is 4.79 Å². The molecule has 1 aromatic rings. The van der Waals surface area contributed by atoms with Crippen molar-refractivity contribution in [1.29, 1.82) is 0 Å². The molecule has 0 saturated heterocycles. The van der Waals surface area contributed by atoms with Crippen molar-refractivity contribution >= 4 is 12.0 Å². The highest BCUT2D eigenvalue weighted by Crippen LogP contribution is 2.26. The number of aromatic hydroxyl groups is 1. The first kappa shape index (κ1) is 11.1. The summed E-state index contributed by atoms with van der Waals surface area (Å²) >= 11 is 0. The van der Waals surface area contributed by atoms with E-state index in [0.29, 0.717) is 5.75 Å². The average Bonchev–Trinajstić information content (AvgIpc) is 2.27. The molecule has 5 heteroatoms. The van der Waals surface area contributed by atoms with E-state index in [1.165, 1.54) is 19.3 Å². The molecule has 1 rings (SSSR count). The molecule has 4 N–H and O–H groups in total. The van der Waals surface area contributed by atoms with Crippen LogP contribution in [0.1, 0.15) is 5.56 Å². The minimum atomic E-state index is -0.401. The molecule has 0 aliphatic rings. The molecule has 0 aliphatic carbocycles. The Labute approximate surface area is 87.1 Å². The second kappa shape index (κ2) is 5.02. The Morgan fingerprint density at radius 1 is 1.60 bits per heavy atom. The number of phenols is 1. The van der Waals surface area contributed by atoms with Gasteiger partial charge in [-0.2, -0.15) is 0 Å². The minimum Gasteiger partial charge on any atom is -0.504 e. The molecule has 0 heterocycles. The molecule has 1 aromatic carbocycles. The number of nitrogens with one attached hydrogen (secondary N) is 1. The van der Waals surface area contributed by atoms with Gasteiger partial charge in [0, 0.05) is 6.08 Å². The molecule has 0 fully saturated rings. The predicted octanol–water partition coefficient (Wildman–Crippen LogP) is 0.404. The van der Waals surface area contributed by atoms with Crippen LogP contribution in [-0.4, -0.2) is 18.1 Å². The van der Waals surface area contributed by atoms with E-state index < -0.39 is 5.91 Å². The SMILES string of the molecule is COc1cc(C=CC(=O)NN)ccc1O. The number of benzene rings is 1. The van der Waals surface area contributed by atoms with Crippen molar-refractivity contribution < 1.29 is 14.6 Å². The second-order valence-electron chi connectivity index (χ2n) is 2.77. The number of hydrogen-bond donors (Lipinski definition) is 3. The molecule has 0 atom stereocenters. The molecule has 80 valence electrons. The van der Waals surface area contributed by atoms with Crippen LogP contribution in [0.4, 0.5) is 0 Å². The zero-order chi connectivity index (χ0) is 11.3. The largest absolute Gasteiger partial charge is 0.504 e. The molecule has 15 heavy (non-hydrogen) atoms. The van der Waals surface area contributed by atoms with Gasteiger partial charge in [0.1, 0.15) is 0 Å². The fourth-order valence-electron chi connectivity index (χ4n) is 1.02. The molecule has 0 bridgehead atoms. The lowest BCUT2D eigenvalue weighted by Gasteiger charge is -2.03. The number of amides is 1. The maximum Gasteiger partial charge on any atom is 0.257 e. The van der Waals surface area contributed by atoms with Gasteiger partial charge in [0.05, 0.1) is 7.11 Å². The average molecular weight is 208 g/mol. The van der Waals surface area contributed by atoms with E-state index >= 15 is 0 Å². The maximum atomic E-state index is 10.8. The van der Waals surface area contributed by atoms with Crippen LogP contribution in [0, 0.1) is 0 Å². The lowest BCUT2D eigenvalue weighted by atomic mass is 10.2. The lowest BCUT2D eigenvalue weighted by Crippen LogP contribution is -2.27. The summed E-state index contributed by atoms with van der Waals surface area (Å²) in [7, 11) is 1.45. The van der Waals surface area contributed by atoms with Crippen molar-refractivity contribution in [2.75, 3.05) is 7.11 Å². The molecule has 0 aliphatic heterocycles. The molecule has 0 saturated carbocycles. The highest BCUT2D eigenvalue weighted by molar-refractivity contribution is 5.91. The van der Waals surface area contributed by atoms with Gasteiger partial charge in [-0.1, -0.05) is 6.07 Å². The smallest absolute Gasteiger partial charge is 0.257 e. The van der Waals surface area contributed by atoms with E-state index in [1.807, 2.05) is 5.43 Å². The van der Waals surface area contributed by atoms with Crippen LogP contribution in [0.15, 0.2) is 24.3 Å². The molecular weight excluding hydrogens is 196 g/mol. The monoisotopic (exact) mass is 208 g/mol. The van der Waals surface area contributed by atoms with E-state index in [-0.39, 0.29) is 5.75 Å². The van der Waals surface area contributed by atoms with Crippen molar-refractivity contribution in [1.82, 2.24) is 5.43 Å². The van der Waals surface area contributed by atoms with Crippen molar-refractivity contribution in [3.63, 3.8) is 0 Å². The van der Waals surface area contributed by atoms with Gasteiger partial charge in [-0.15, -0.1) is 0 Å². The summed E-state index contributed by atoms with van der Waals surface area (Å²) in [5, 5.41) is 9.31. The summed E-state index contributed by atoms with van der Waals surface area (Å²) in [6.07, 6.45) is 2.84. The van der Waals surface area contributed by atoms with Gasteiger partial charge in [-0.3, -0.25) is 10.2 Å². The van der Waals surface area contributed by atoms with Crippen LogP contribution in [0.25, 0.3) is 6.08 Å². The number of methoxy groups -OCH3 is 1. The number of phenolic OH excluding ortho intramolecular Hbond substituents is 1. The Bertz CT molecular complexity index is 388. The fourth-order valence-corrected chi connectivity index (χ4v) is 1.02. The Balaban J connectivity index is 2.87. The standard InChI is InChI=1S/C10H12N2O3/c1-15-9-6-7(2-4-8(9)13)3-5-10(14)12-11/h2-6,13H,11H2,1H3,(H,12,14). The zero-order valence-corrected chi connectivity index (χ0v) is 8.23. The van der Waals surface area contributed by atoms with Gasteiger partial charge in [-0.25, -0.2) is 5.84 Å². The number of rotatable bonds is 3. The third kappa shape index (κ3) is 2.99. The second-order valence-corrected chi connectivity index (χ2v) is 2.77. The minimum absolute atomic E-state index is 0.0536. The summed E-state index contributed by atoms with van der Waals surface area (Å²) in [5.74, 6) is 4.91. The Kier molecular flexibility index (Phi) is 3.70. The quantitative estimate of drug-likeness (QED) is 0.290. The number of carbonyl (C=O) groups is 1. The maximum absolute atomic E-state index is 10.8. The topological polar surface area (TPSA) is 84.6 Å². The van der Waals surface area contributed by atoms with E-state index in [0.717, 1.165) is 5.56 Å². The number of nitrogens with two attached hydrogens (primary N) is 1. The summed E-state index contributed by atoms with van der Waals surface area (Å²) < 4.78 is 4.91. The highest BCUT2D eigenvalue weighted by atomic mass is 16.5. The molecule has 0 radical (unpaired) electrons. The summed E-state index contributed by atoms with van der Waals surface area (Å²) in [6, 6.07) is 4.74. The zero-order valence-electron chi connectivity index (χ0n) is 8.23. The van der Waals surface area contributed by atoms with Crippen molar-refractivity contribution in [3.05, 3.63) is 29.8 Å². The lowest BCUT2D eigenvalue weighted by molar-refractivity contribution is -0.116. The van der Waals surface area contributed by atoms with Gasteiger partial charge >= 0.3 is 0 Å². The fraction of sp³-hybridized carbons (Fsp3) is 0.100. The summed E-state index contributed by atoms with van der Waals surface area (Å²) in [4.78, 5) is 10.8. The van der Waals surface area contributed by atoms with Crippen LogP contribution in [0.3, 0.4) is 0 Å².